The molecule has 38 heavy (non-hydrogen) atoms. The summed E-state index contributed by atoms with van der Waals surface area (Å²) < 4.78 is 30.1. The molecule has 0 aromatic rings. The van der Waals surface area contributed by atoms with Crippen LogP contribution in [0, 0.1) is 0 Å². The van der Waals surface area contributed by atoms with Gasteiger partial charge in [0.25, 0.3) is 0 Å². The molecular formula is C32H68NO4P. The van der Waals surface area contributed by atoms with Crippen LogP contribution >= 0.6 is 7.82 Å². The Labute approximate surface area is 239 Å². The summed E-state index contributed by atoms with van der Waals surface area (Å²) in [5.41, 5.74) is 0. The molecule has 0 unspecified atom stereocenters. The standard InChI is InChI=1S/C32H68NO4P/c1-5-7-9-11-13-15-17-19-21-23-25-27-30-35-38(34,37-32-29-33(3)4)36-31-28-26-24-22-20-18-16-14-12-10-8-6-2/h5-32H2,1-4H3. The summed E-state index contributed by atoms with van der Waals surface area (Å²) in [5, 5.41) is 0. The second kappa shape index (κ2) is 30.0. The number of hydrogen-bond acceptors (Lipinski definition) is 5. The maximum atomic E-state index is 13.1. The molecule has 230 valence electrons. The van der Waals surface area contributed by atoms with E-state index in [1.54, 1.807) is 0 Å². The number of phosphoric acid groups is 1. The highest BCUT2D eigenvalue weighted by molar-refractivity contribution is 7.48. The van der Waals surface area contributed by atoms with Gasteiger partial charge in [-0.25, -0.2) is 4.57 Å². The van der Waals surface area contributed by atoms with Crippen molar-refractivity contribution >= 4 is 7.82 Å². The number of unbranched alkanes of at least 4 members (excludes halogenated alkanes) is 22. The molecular weight excluding hydrogens is 493 g/mol. The molecule has 0 aromatic heterocycles. The third kappa shape index (κ3) is 29.1. The maximum absolute atomic E-state index is 13.1. The van der Waals surface area contributed by atoms with Gasteiger partial charge < -0.3 is 4.90 Å². The second-order valence-corrected chi connectivity index (χ2v) is 13.2. The number of nitrogens with zero attached hydrogens (tertiary/aromatic N) is 1. The van der Waals surface area contributed by atoms with E-state index in [1.807, 2.05) is 19.0 Å². The molecule has 0 bridgehead atoms. The predicted octanol–water partition coefficient (Wildman–Crippen LogP) is 11.1. The highest BCUT2D eigenvalue weighted by Crippen LogP contribution is 2.49. The van der Waals surface area contributed by atoms with Crippen LogP contribution in [0.1, 0.15) is 168 Å². The van der Waals surface area contributed by atoms with E-state index < -0.39 is 7.82 Å². The fraction of sp³-hybridized carbons (Fsp3) is 1.00. The lowest BCUT2D eigenvalue weighted by atomic mass is 10.1. The van der Waals surface area contributed by atoms with Crippen molar-refractivity contribution in [1.29, 1.82) is 0 Å². The van der Waals surface area contributed by atoms with Gasteiger partial charge in [0.1, 0.15) is 0 Å². The minimum absolute atomic E-state index is 0.362. The van der Waals surface area contributed by atoms with Gasteiger partial charge in [0.2, 0.25) is 0 Å². The van der Waals surface area contributed by atoms with Crippen LogP contribution in [0.5, 0.6) is 0 Å². The second-order valence-electron chi connectivity index (χ2n) is 11.5. The zero-order chi connectivity index (χ0) is 28.0. The summed E-state index contributed by atoms with van der Waals surface area (Å²) in [6.45, 7) is 6.52. The molecule has 0 aromatic carbocycles. The lowest BCUT2D eigenvalue weighted by Gasteiger charge is -2.19. The van der Waals surface area contributed by atoms with Crippen molar-refractivity contribution in [2.45, 2.75) is 168 Å². The molecule has 0 atom stereocenters. The molecule has 0 rings (SSSR count). The van der Waals surface area contributed by atoms with E-state index in [4.69, 9.17) is 13.6 Å². The number of hydrogen-bond donors (Lipinski definition) is 0. The molecule has 0 aliphatic heterocycles. The summed E-state index contributed by atoms with van der Waals surface area (Å²) in [6, 6.07) is 0. The van der Waals surface area contributed by atoms with Crippen molar-refractivity contribution in [2.75, 3.05) is 40.5 Å². The van der Waals surface area contributed by atoms with E-state index in [0.29, 0.717) is 26.4 Å². The van der Waals surface area contributed by atoms with Gasteiger partial charge in [-0.15, -0.1) is 0 Å². The third-order valence-corrected chi connectivity index (χ3v) is 8.78. The molecule has 0 saturated heterocycles. The Bertz CT molecular complexity index is 470. The van der Waals surface area contributed by atoms with E-state index in [0.717, 1.165) is 25.7 Å². The van der Waals surface area contributed by atoms with Gasteiger partial charge in [-0.3, -0.25) is 13.6 Å². The molecule has 0 N–H and O–H groups in total. The zero-order valence-corrected chi connectivity index (χ0v) is 27.2. The van der Waals surface area contributed by atoms with Crippen LogP contribution in [0.3, 0.4) is 0 Å². The minimum atomic E-state index is -3.47. The number of likely N-dealkylation sites (N-methyl/N-ethyl adjacent to an activating group) is 1. The maximum Gasteiger partial charge on any atom is 0.474 e. The van der Waals surface area contributed by atoms with Crippen LogP contribution in [0.4, 0.5) is 0 Å². The fourth-order valence-electron chi connectivity index (χ4n) is 4.69. The highest BCUT2D eigenvalue weighted by atomic mass is 31.2. The van der Waals surface area contributed by atoms with Crippen molar-refractivity contribution in [3.05, 3.63) is 0 Å². The first-order valence-corrected chi connectivity index (χ1v) is 18.2. The van der Waals surface area contributed by atoms with Crippen LogP contribution in [0.15, 0.2) is 0 Å². The Hall–Kier alpha value is 0.0700. The molecule has 0 heterocycles. The van der Waals surface area contributed by atoms with Gasteiger partial charge in [-0.2, -0.15) is 0 Å². The van der Waals surface area contributed by atoms with Crippen LogP contribution < -0.4 is 0 Å². The van der Waals surface area contributed by atoms with Gasteiger partial charge >= 0.3 is 7.82 Å². The van der Waals surface area contributed by atoms with Crippen molar-refractivity contribution in [3.63, 3.8) is 0 Å². The first-order chi connectivity index (χ1) is 18.5. The van der Waals surface area contributed by atoms with Crippen molar-refractivity contribution in [2.24, 2.45) is 0 Å². The Balaban J connectivity index is 3.84. The van der Waals surface area contributed by atoms with E-state index in [1.165, 1.54) is 128 Å². The van der Waals surface area contributed by atoms with Crippen molar-refractivity contribution in [3.8, 4) is 0 Å². The highest BCUT2D eigenvalue weighted by Gasteiger charge is 2.26. The molecule has 0 fully saturated rings. The quantitative estimate of drug-likeness (QED) is 0.0604. The van der Waals surface area contributed by atoms with E-state index >= 15 is 0 Å². The topological polar surface area (TPSA) is 48.0 Å². The van der Waals surface area contributed by atoms with Gasteiger partial charge in [-0.1, -0.05) is 155 Å². The van der Waals surface area contributed by atoms with E-state index in [9.17, 15) is 4.57 Å². The molecule has 0 saturated carbocycles. The SMILES string of the molecule is CCCCCCCCCCCCCCOP(=O)(OCCCCCCCCCCCCCC)OCCN(C)C. The van der Waals surface area contributed by atoms with Gasteiger partial charge in [0, 0.05) is 6.54 Å². The first-order valence-electron chi connectivity index (χ1n) is 16.7. The minimum Gasteiger partial charge on any atom is -0.307 e. The van der Waals surface area contributed by atoms with Gasteiger partial charge in [-0.05, 0) is 26.9 Å². The lowest BCUT2D eigenvalue weighted by molar-refractivity contribution is 0.104. The Kier molecular flexibility index (Phi) is 30.1. The summed E-state index contributed by atoms with van der Waals surface area (Å²) in [5.74, 6) is 0. The number of phosphoric ester groups is 1. The normalized spacial score (nSPS) is 12.1. The van der Waals surface area contributed by atoms with Crippen LogP contribution in [-0.4, -0.2) is 45.4 Å². The molecule has 0 aliphatic carbocycles. The lowest BCUT2D eigenvalue weighted by Crippen LogP contribution is -2.18. The predicted molar refractivity (Wildman–Crippen MR) is 166 cm³/mol. The average molecular weight is 562 g/mol. The molecule has 0 radical (unpaired) electrons. The molecule has 6 heteroatoms. The summed E-state index contributed by atoms with van der Waals surface area (Å²) >= 11 is 0. The van der Waals surface area contributed by atoms with E-state index in [2.05, 4.69) is 13.8 Å². The van der Waals surface area contributed by atoms with Crippen molar-refractivity contribution < 1.29 is 18.1 Å². The molecule has 0 aliphatic rings. The molecule has 5 nitrogen and oxygen atoms in total. The molecule has 0 spiro atoms. The monoisotopic (exact) mass is 561 g/mol. The van der Waals surface area contributed by atoms with Gasteiger partial charge in [0.15, 0.2) is 0 Å². The number of rotatable bonds is 32. The van der Waals surface area contributed by atoms with Gasteiger partial charge in [0.05, 0.1) is 19.8 Å². The largest absolute Gasteiger partial charge is 0.474 e. The first kappa shape index (κ1) is 38.1. The Morgan fingerprint density at radius 3 is 0.974 bits per heavy atom. The van der Waals surface area contributed by atoms with Crippen LogP contribution in [0.25, 0.3) is 0 Å². The van der Waals surface area contributed by atoms with Crippen LogP contribution in [-0.2, 0) is 18.1 Å². The Morgan fingerprint density at radius 1 is 0.421 bits per heavy atom. The molecule has 0 amide bonds. The summed E-state index contributed by atoms with van der Waals surface area (Å²) in [6.07, 6.45) is 31.1. The fourth-order valence-corrected chi connectivity index (χ4v) is 5.92. The smallest absolute Gasteiger partial charge is 0.307 e. The van der Waals surface area contributed by atoms with Crippen molar-refractivity contribution in [1.82, 2.24) is 4.90 Å². The van der Waals surface area contributed by atoms with Crippen LogP contribution in [0.2, 0.25) is 0 Å². The summed E-state index contributed by atoms with van der Waals surface area (Å²) in [4.78, 5) is 2.01. The zero-order valence-electron chi connectivity index (χ0n) is 26.3. The Morgan fingerprint density at radius 2 is 0.684 bits per heavy atom. The van der Waals surface area contributed by atoms with E-state index in [-0.39, 0.29) is 0 Å². The summed E-state index contributed by atoms with van der Waals surface area (Å²) in [7, 11) is 0.495. The third-order valence-electron chi connectivity index (χ3n) is 7.28. The average Bonchev–Trinajstić information content (AvgIpc) is 2.89.